The molecule has 0 unspecified atom stereocenters. The number of carbonyl (C=O) groups excluding carboxylic acids is 1. The predicted octanol–water partition coefficient (Wildman–Crippen LogP) is 2.29. The first-order valence-corrected chi connectivity index (χ1v) is 6.36. The fourth-order valence-corrected chi connectivity index (χ4v) is 1.76. The third-order valence-electron chi connectivity index (χ3n) is 2.64. The number of methoxy groups -OCH3 is 1. The van der Waals surface area contributed by atoms with E-state index >= 15 is 0 Å². The molecule has 7 nitrogen and oxygen atoms in total. The predicted molar refractivity (Wildman–Crippen MR) is 75.4 cm³/mol. The summed E-state index contributed by atoms with van der Waals surface area (Å²) in [6, 6.07) is 6.10. The Hall–Kier alpha value is -2.45. The Labute approximate surface area is 129 Å². The zero-order valence-corrected chi connectivity index (χ0v) is 12.1. The molecule has 1 aromatic heterocycles. The molecule has 0 saturated heterocycles. The van der Waals surface area contributed by atoms with Gasteiger partial charge in [0, 0.05) is 5.56 Å². The lowest BCUT2D eigenvalue weighted by atomic mass is 10.1. The lowest BCUT2D eigenvalue weighted by molar-refractivity contribution is -0.142. The molecule has 2 N–H and O–H groups in total. The molecular weight excluding hydrogens is 317 g/mol. The van der Waals surface area contributed by atoms with E-state index < -0.39 is 17.6 Å². The first kappa shape index (κ1) is 15.9. The van der Waals surface area contributed by atoms with Crippen LogP contribution in [0.4, 0.5) is 10.2 Å². The molecule has 0 aliphatic rings. The Bertz CT molecular complexity index is 682. The molecule has 22 heavy (non-hydrogen) atoms. The summed E-state index contributed by atoms with van der Waals surface area (Å²) in [5.41, 5.74) is 1.92. The fraction of sp³-hybridized carbons (Fsp3) is 0.154. The van der Waals surface area contributed by atoms with E-state index in [4.69, 9.17) is 21.5 Å². The molecule has 116 valence electrons. The number of esters is 1. The largest absolute Gasteiger partial charge is 0.482 e. The summed E-state index contributed by atoms with van der Waals surface area (Å²) in [7, 11) is 1.25. The molecule has 0 fully saturated rings. The lowest BCUT2D eigenvalue weighted by Gasteiger charge is -2.08. The second-order valence-electron chi connectivity index (χ2n) is 4.00. The van der Waals surface area contributed by atoms with Crippen molar-refractivity contribution in [2.75, 3.05) is 19.2 Å². The van der Waals surface area contributed by atoms with Gasteiger partial charge in [-0.25, -0.2) is 19.6 Å². The molecule has 0 atom stereocenters. The topological polar surface area (TPSA) is 93.6 Å². The van der Waals surface area contributed by atoms with Crippen molar-refractivity contribution in [2.45, 2.75) is 0 Å². The third-order valence-corrected chi connectivity index (χ3v) is 2.81. The van der Waals surface area contributed by atoms with Crippen LogP contribution in [-0.2, 0) is 9.53 Å². The van der Waals surface area contributed by atoms with Crippen LogP contribution in [0.1, 0.15) is 0 Å². The maximum atomic E-state index is 14.0. The summed E-state index contributed by atoms with van der Waals surface area (Å²) >= 11 is 5.67. The highest BCUT2D eigenvalue weighted by Gasteiger charge is 2.15. The van der Waals surface area contributed by atoms with E-state index in [0.717, 1.165) is 0 Å². The van der Waals surface area contributed by atoms with Gasteiger partial charge >= 0.3 is 5.97 Å². The lowest BCUT2D eigenvalue weighted by Crippen LogP contribution is -2.12. The minimum absolute atomic E-state index is 0.0870. The van der Waals surface area contributed by atoms with Crippen LogP contribution in [0.5, 0.6) is 5.75 Å². The van der Waals surface area contributed by atoms with Gasteiger partial charge in [-0.15, -0.1) is 0 Å². The van der Waals surface area contributed by atoms with E-state index in [9.17, 15) is 9.18 Å². The van der Waals surface area contributed by atoms with E-state index in [-0.39, 0.29) is 17.6 Å². The van der Waals surface area contributed by atoms with Gasteiger partial charge in [0.1, 0.15) is 11.4 Å². The quantitative estimate of drug-likeness (QED) is 0.494. The number of carbonyl (C=O) groups is 1. The highest BCUT2D eigenvalue weighted by molar-refractivity contribution is 6.28. The maximum Gasteiger partial charge on any atom is 0.343 e. The van der Waals surface area contributed by atoms with E-state index in [1.54, 1.807) is 5.48 Å². The second kappa shape index (κ2) is 7.01. The zero-order chi connectivity index (χ0) is 16.1. The minimum atomic E-state index is -0.852. The summed E-state index contributed by atoms with van der Waals surface area (Å²) in [6.45, 7) is -0.234. The van der Waals surface area contributed by atoms with Crippen LogP contribution in [-0.4, -0.2) is 34.9 Å². The average molecular weight is 328 g/mol. The standard InChI is InChI=1S/C13H11ClFN3O4/c1-21-9(19)6-22-8-4-2-7(3-5-8)11-10(15)12(18-20)17-13(14)16-11/h2-5,20H,6H2,1H3,(H,16,17,18). The number of benzene rings is 1. The van der Waals surface area contributed by atoms with Gasteiger partial charge in [0.25, 0.3) is 0 Å². The molecule has 0 aliphatic carbocycles. The summed E-state index contributed by atoms with van der Waals surface area (Å²) < 4.78 is 23.7. The number of anilines is 1. The van der Waals surface area contributed by atoms with E-state index in [0.29, 0.717) is 11.3 Å². The van der Waals surface area contributed by atoms with Gasteiger partial charge in [0.05, 0.1) is 7.11 Å². The van der Waals surface area contributed by atoms with Gasteiger partial charge in [-0.1, -0.05) is 0 Å². The molecule has 1 heterocycles. The zero-order valence-electron chi connectivity index (χ0n) is 11.3. The molecule has 9 heteroatoms. The maximum absolute atomic E-state index is 14.0. The van der Waals surface area contributed by atoms with E-state index in [2.05, 4.69) is 14.7 Å². The average Bonchev–Trinajstić information content (AvgIpc) is 2.54. The number of hydrogen-bond acceptors (Lipinski definition) is 7. The number of aromatic nitrogens is 2. The summed E-state index contributed by atoms with van der Waals surface area (Å²) in [5, 5.41) is 8.58. The molecule has 2 rings (SSSR count). The third kappa shape index (κ3) is 3.60. The van der Waals surface area contributed by atoms with Crippen LogP contribution in [0.15, 0.2) is 24.3 Å². The van der Waals surface area contributed by atoms with E-state index in [1.807, 2.05) is 0 Å². The van der Waals surface area contributed by atoms with Crippen LogP contribution in [0.25, 0.3) is 11.3 Å². The number of ether oxygens (including phenoxy) is 2. The Kier molecular flexibility index (Phi) is 5.08. The Balaban J connectivity index is 2.24. The highest BCUT2D eigenvalue weighted by atomic mass is 35.5. The van der Waals surface area contributed by atoms with Crippen molar-refractivity contribution in [3.05, 3.63) is 35.4 Å². The normalized spacial score (nSPS) is 10.2. The first-order chi connectivity index (χ1) is 10.5. The van der Waals surface area contributed by atoms with Crippen LogP contribution >= 0.6 is 11.6 Å². The first-order valence-electron chi connectivity index (χ1n) is 5.98. The van der Waals surface area contributed by atoms with Gasteiger partial charge in [-0.05, 0) is 35.9 Å². The van der Waals surface area contributed by atoms with Gasteiger partial charge in [0.15, 0.2) is 18.2 Å². The molecule has 0 aliphatic heterocycles. The molecular formula is C13H11ClFN3O4. The van der Waals surface area contributed by atoms with Crippen LogP contribution in [0.3, 0.4) is 0 Å². The van der Waals surface area contributed by atoms with Crippen LogP contribution in [0, 0.1) is 5.82 Å². The summed E-state index contributed by atoms with van der Waals surface area (Å²) in [5.74, 6) is -1.40. The Morgan fingerprint density at radius 2 is 2.05 bits per heavy atom. The highest BCUT2D eigenvalue weighted by Crippen LogP contribution is 2.27. The number of nitrogens with one attached hydrogen (secondary N) is 1. The van der Waals surface area contributed by atoms with Crippen molar-refractivity contribution in [1.82, 2.24) is 9.97 Å². The Morgan fingerprint density at radius 1 is 1.36 bits per heavy atom. The summed E-state index contributed by atoms with van der Waals surface area (Å²) in [4.78, 5) is 18.2. The molecule has 0 amide bonds. The number of rotatable bonds is 5. The van der Waals surface area contributed by atoms with Crippen molar-refractivity contribution in [1.29, 1.82) is 0 Å². The summed E-state index contributed by atoms with van der Waals surface area (Å²) in [6.07, 6.45) is 0. The number of halogens is 2. The number of hydrogen-bond donors (Lipinski definition) is 2. The van der Waals surface area contributed by atoms with Crippen molar-refractivity contribution >= 4 is 23.4 Å². The second-order valence-corrected chi connectivity index (χ2v) is 4.34. The monoisotopic (exact) mass is 327 g/mol. The molecule has 2 aromatic rings. The molecule has 1 aromatic carbocycles. The SMILES string of the molecule is COC(=O)COc1ccc(-c2nc(Cl)nc(NO)c2F)cc1. The van der Waals surface area contributed by atoms with Crippen molar-refractivity contribution < 1.29 is 23.9 Å². The molecule has 0 spiro atoms. The smallest absolute Gasteiger partial charge is 0.343 e. The van der Waals surface area contributed by atoms with Gasteiger partial charge < -0.3 is 9.47 Å². The van der Waals surface area contributed by atoms with Gasteiger partial charge in [0.2, 0.25) is 5.28 Å². The fourth-order valence-electron chi connectivity index (χ4n) is 1.60. The molecule has 0 bridgehead atoms. The minimum Gasteiger partial charge on any atom is -0.482 e. The van der Waals surface area contributed by atoms with Crippen LogP contribution in [0.2, 0.25) is 5.28 Å². The van der Waals surface area contributed by atoms with Crippen molar-refractivity contribution in [3.63, 3.8) is 0 Å². The van der Waals surface area contributed by atoms with E-state index in [1.165, 1.54) is 31.4 Å². The van der Waals surface area contributed by atoms with Gasteiger partial charge in [-0.2, -0.15) is 4.98 Å². The van der Waals surface area contributed by atoms with Gasteiger partial charge in [-0.3, -0.25) is 5.21 Å². The molecule has 0 radical (unpaired) electrons. The van der Waals surface area contributed by atoms with Crippen molar-refractivity contribution in [3.8, 4) is 17.0 Å². The van der Waals surface area contributed by atoms with Crippen LogP contribution < -0.4 is 10.2 Å². The number of nitrogens with zero attached hydrogens (tertiary/aromatic N) is 2. The molecule has 0 saturated carbocycles. The Morgan fingerprint density at radius 3 is 2.64 bits per heavy atom. The van der Waals surface area contributed by atoms with Crippen molar-refractivity contribution in [2.24, 2.45) is 0 Å².